The Kier molecular flexibility index (Phi) is 8.27. The summed E-state index contributed by atoms with van der Waals surface area (Å²) in [5.41, 5.74) is 8.22. The predicted molar refractivity (Wildman–Crippen MR) is 111 cm³/mol. The van der Waals surface area contributed by atoms with Crippen molar-refractivity contribution in [1.29, 1.82) is 0 Å². The SMILES string of the molecule is Cc1ccc(NS(=O)(=O)c2ccc(C)c(C(=O)NCCC(C)N)c2)cc1.Cl. The molecule has 0 aliphatic heterocycles. The van der Waals surface area contributed by atoms with Crippen LogP contribution in [0.1, 0.15) is 34.8 Å². The van der Waals surface area contributed by atoms with Crippen LogP contribution in [0.15, 0.2) is 47.4 Å². The van der Waals surface area contributed by atoms with Crippen LogP contribution in [0.3, 0.4) is 0 Å². The molecule has 1 unspecified atom stereocenters. The quantitative estimate of drug-likeness (QED) is 0.651. The molecule has 27 heavy (non-hydrogen) atoms. The van der Waals surface area contributed by atoms with Gasteiger partial charge >= 0.3 is 0 Å². The highest BCUT2D eigenvalue weighted by Crippen LogP contribution is 2.19. The van der Waals surface area contributed by atoms with Crippen molar-refractivity contribution in [3.8, 4) is 0 Å². The summed E-state index contributed by atoms with van der Waals surface area (Å²) in [6, 6.07) is 11.5. The molecule has 6 nitrogen and oxygen atoms in total. The molecule has 0 aliphatic carbocycles. The summed E-state index contributed by atoms with van der Waals surface area (Å²) in [6.45, 7) is 5.99. The zero-order valence-electron chi connectivity index (χ0n) is 15.7. The first-order chi connectivity index (χ1) is 12.2. The van der Waals surface area contributed by atoms with Crippen LogP contribution in [0.25, 0.3) is 0 Å². The second-order valence-corrected chi connectivity index (χ2v) is 8.15. The summed E-state index contributed by atoms with van der Waals surface area (Å²) < 4.78 is 27.8. The third kappa shape index (κ3) is 6.53. The maximum absolute atomic E-state index is 12.6. The van der Waals surface area contributed by atoms with Gasteiger partial charge in [-0.2, -0.15) is 0 Å². The smallest absolute Gasteiger partial charge is 0.261 e. The van der Waals surface area contributed by atoms with E-state index in [-0.39, 0.29) is 29.3 Å². The van der Waals surface area contributed by atoms with Crippen LogP contribution in [0.4, 0.5) is 5.69 Å². The van der Waals surface area contributed by atoms with Crippen LogP contribution in [0.5, 0.6) is 0 Å². The first kappa shape index (κ1) is 23.0. The minimum atomic E-state index is -3.78. The summed E-state index contributed by atoms with van der Waals surface area (Å²) in [5, 5.41) is 2.77. The fraction of sp³-hybridized carbons (Fsp3) is 0.316. The Hall–Kier alpha value is -2.09. The molecule has 148 valence electrons. The van der Waals surface area contributed by atoms with Crippen LogP contribution in [0, 0.1) is 13.8 Å². The van der Waals surface area contributed by atoms with Crippen molar-refractivity contribution >= 4 is 34.0 Å². The van der Waals surface area contributed by atoms with E-state index in [1.54, 1.807) is 25.1 Å². The van der Waals surface area contributed by atoms with Gasteiger partial charge in [-0.25, -0.2) is 8.42 Å². The predicted octanol–water partition coefficient (Wildman–Crippen LogP) is 2.99. The van der Waals surface area contributed by atoms with E-state index in [0.29, 0.717) is 29.8 Å². The Morgan fingerprint density at radius 1 is 1.11 bits per heavy atom. The van der Waals surface area contributed by atoms with Gasteiger partial charge < -0.3 is 11.1 Å². The Morgan fingerprint density at radius 3 is 2.33 bits per heavy atom. The van der Waals surface area contributed by atoms with Crippen LogP contribution in [-0.2, 0) is 10.0 Å². The number of benzene rings is 2. The van der Waals surface area contributed by atoms with Gasteiger partial charge in [0.25, 0.3) is 15.9 Å². The largest absolute Gasteiger partial charge is 0.352 e. The molecule has 0 saturated heterocycles. The molecule has 0 fully saturated rings. The molecule has 1 amide bonds. The topological polar surface area (TPSA) is 101 Å². The van der Waals surface area contributed by atoms with Crippen molar-refractivity contribution in [2.24, 2.45) is 5.73 Å². The van der Waals surface area contributed by atoms with Gasteiger partial charge in [0.05, 0.1) is 4.90 Å². The Labute approximate surface area is 167 Å². The normalized spacial score (nSPS) is 12.0. The first-order valence-corrected chi connectivity index (χ1v) is 9.91. The third-order valence-corrected chi connectivity index (χ3v) is 5.33. The lowest BCUT2D eigenvalue weighted by molar-refractivity contribution is 0.0952. The molecule has 0 aliphatic rings. The maximum Gasteiger partial charge on any atom is 0.261 e. The monoisotopic (exact) mass is 411 g/mol. The molecule has 0 spiro atoms. The second-order valence-electron chi connectivity index (χ2n) is 6.47. The molecular formula is C19H26ClN3O3S. The van der Waals surface area contributed by atoms with Crippen molar-refractivity contribution in [3.63, 3.8) is 0 Å². The molecule has 0 radical (unpaired) electrons. The Bertz CT molecular complexity index is 882. The van der Waals surface area contributed by atoms with Gasteiger partial charge in [-0.15, -0.1) is 12.4 Å². The van der Waals surface area contributed by atoms with Crippen molar-refractivity contribution in [3.05, 3.63) is 59.2 Å². The number of anilines is 1. The number of carbonyl (C=O) groups is 1. The summed E-state index contributed by atoms with van der Waals surface area (Å²) in [6.07, 6.45) is 0.651. The van der Waals surface area contributed by atoms with Crippen molar-refractivity contribution in [1.82, 2.24) is 5.32 Å². The number of aryl methyl sites for hydroxylation is 2. The number of hydrogen-bond acceptors (Lipinski definition) is 4. The van der Waals surface area contributed by atoms with Gasteiger partial charge in [-0.3, -0.25) is 9.52 Å². The van der Waals surface area contributed by atoms with Crippen LogP contribution < -0.4 is 15.8 Å². The van der Waals surface area contributed by atoms with Gasteiger partial charge in [0.1, 0.15) is 0 Å². The molecular weight excluding hydrogens is 386 g/mol. The zero-order chi connectivity index (χ0) is 19.3. The minimum absolute atomic E-state index is 0. The van der Waals surface area contributed by atoms with Gasteiger partial charge in [0, 0.05) is 23.8 Å². The highest BCUT2D eigenvalue weighted by molar-refractivity contribution is 7.92. The molecule has 8 heteroatoms. The molecule has 0 bridgehead atoms. The fourth-order valence-electron chi connectivity index (χ4n) is 2.36. The second kappa shape index (κ2) is 9.73. The number of halogens is 1. The molecule has 2 aromatic rings. The number of carbonyl (C=O) groups excluding carboxylic acids is 1. The Morgan fingerprint density at radius 2 is 1.74 bits per heavy atom. The summed E-state index contributed by atoms with van der Waals surface area (Å²) in [7, 11) is -3.78. The molecule has 0 saturated carbocycles. The summed E-state index contributed by atoms with van der Waals surface area (Å²) in [4.78, 5) is 12.4. The van der Waals surface area contributed by atoms with Crippen molar-refractivity contribution in [2.75, 3.05) is 11.3 Å². The number of amides is 1. The van der Waals surface area contributed by atoms with Crippen LogP contribution in [-0.4, -0.2) is 26.9 Å². The number of sulfonamides is 1. The summed E-state index contributed by atoms with van der Waals surface area (Å²) in [5.74, 6) is -0.310. The van der Waals surface area contributed by atoms with Gasteiger partial charge in [-0.05, 0) is 57.0 Å². The average molecular weight is 412 g/mol. The Balaban J connectivity index is 0.00000364. The van der Waals surface area contributed by atoms with Gasteiger partial charge in [-0.1, -0.05) is 23.8 Å². The number of nitrogens with one attached hydrogen (secondary N) is 2. The first-order valence-electron chi connectivity index (χ1n) is 8.43. The molecule has 1 atom stereocenters. The molecule has 4 N–H and O–H groups in total. The van der Waals surface area contributed by atoms with E-state index < -0.39 is 10.0 Å². The van der Waals surface area contributed by atoms with Crippen molar-refractivity contribution in [2.45, 2.75) is 38.1 Å². The lowest BCUT2D eigenvalue weighted by Gasteiger charge is -2.12. The van der Waals surface area contributed by atoms with E-state index in [1.807, 2.05) is 26.0 Å². The zero-order valence-corrected chi connectivity index (χ0v) is 17.3. The lowest BCUT2D eigenvalue weighted by atomic mass is 10.1. The molecule has 0 aromatic heterocycles. The van der Waals surface area contributed by atoms with E-state index >= 15 is 0 Å². The molecule has 0 heterocycles. The fourth-order valence-corrected chi connectivity index (χ4v) is 3.44. The van der Waals surface area contributed by atoms with E-state index in [0.717, 1.165) is 5.56 Å². The number of hydrogen-bond donors (Lipinski definition) is 3. The van der Waals surface area contributed by atoms with Crippen molar-refractivity contribution < 1.29 is 13.2 Å². The van der Waals surface area contributed by atoms with E-state index in [2.05, 4.69) is 10.0 Å². The lowest BCUT2D eigenvalue weighted by Crippen LogP contribution is -2.29. The average Bonchev–Trinajstić information content (AvgIpc) is 2.56. The number of rotatable bonds is 7. The van der Waals surface area contributed by atoms with Crippen LogP contribution in [0.2, 0.25) is 0 Å². The molecule has 2 rings (SSSR count). The van der Waals surface area contributed by atoms with E-state index in [1.165, 1.54) is 12.1 Å². The van der Waals surface area contributed by atoms with Gasteiger partial charge in [0.2, 0.25) is 0 Å². The molecule has 2 aromatic carbocycles. The van der Waals surface area contributed by atoms with Crippen LogP contribution >= 0.6 is 12.4 Å². The van der Waals surface area contributed by atoms with Gasteiger partial charge in [0.15, 0.2) is 0 Å². The third-order valence-electron chi connectivity index (χ3n) is 3.95. The van der Waals surface area contributed by atoms with E-state index in [4.69, 9.17) is 5.73 Å². The standard InChI is InChI=1S/C19H25N3O3S.ClH/c1-13-4-7-16(8-5-13)22-26(24,25)17-9-6-14(2)18(12-17)19(23)21-11-10-15(3)20;/h4-9,12,15,22H,10-11,20H2,1-3H3,(H,21,23);1H. The maximum atomic E-state index is 12.6. The summed E-state index contributed by atoms with van der Waals surface area (Å²) >= 11 is 0. The number of nitrogens with two attached hydrogens (primary N) is 1. The minimum Gasteiger partial charge on any atom is -0.352 e. The highest BCUT2D eigenvalue weighted by atomic mass is 35.5. The van der Waals surface area contributed by atoms with E-state index in [9.17, 15) is 13.2 Å². The highest BCUT2D eigenvalue weighted by Gasteiger charge is 2.18.